The Labute approximate surface area is 145 Å². The van der Waals surface area contributed by atoms with Gasteiger partial charge in [-0.1, -0.05) is 0 Å². The molecule has 1 N–H and O–H groups in total. The number of amides is 2. The predicted molar refractivity (Wildman–Crippen MR) is 90.2 cm³/mol. The summed E-state index contributed by atoms with van der Waals surface area (Å²) in [5.74, 6) is 0.937. The summed E-state index contributed by atoms with van der Waals surface area (Å²) in [5, 5.41) is 2.82. The first-order chi connectivity index (χ1) is 12.1. The van der Waals surface area contributed by atoms with Gasteiger partial charge in [-0.2, -0.15) is 0 Å². The van der Waals surface area contributed by atoms with E-state index in [0.29, 0.717) is 36.7 Å². The zero-order valence-electron chi connectivity index (χ0n) is 13.9. The van der Waals surface area contributed by atoms with E-state index in [1.54, 1.807) is 35.5 Å². The van der Waals surface area contributed by atoms with Gasteiger partial charge in [-0.15, -0.1) is 0 Å². The zero-order valence-corrected chi connectivity index (χ0v) is 13.9. The van der Waals surface area contributed by atoms with E-state index < -0.39 is 0 Å². The van der Waals surface area contributed by atoms with Crippen molar-refractivity contribution in [3.63, 3.8) is 0 Å². The number of rotatable bonds is 6. The molecule has 130 valence electrons. The van der Waals surface area contributed by atoms with E-state index >= 15 is 0 Å². The minimum Gasteiger partial charge on any atom is -0.454 e. The van der Waals surface area contributed by atoms with Crippen molar-refractivity contribution in [2.24, 2.45) is 0 Å². The van der Waals surface area contributed by atoms with Crippen LogP contribution in [0, 0.1) is 0 Å². The molecule has 0 saturated carbocycles. The third-order valence-corrected chi connectivity index (χ3v) is 3.87. The number of carbonyl (C=O) groups is 2. The Balaban J connectivity index is 1.53. The van der Waals surface area contributed by atoms with Crippen LogP contribution in [0.3, 0.4) is 0 Å². The van der Waals surface area contributed by atoms with E-state index in [4.69, 9.17) is 9.47 Å². The fraction of sp³-hybridized carbons (Fsp3) is 0.278. The molecule has 0 saturated heterocycles. The summed E-state index contributed by atoms with van der Waals surface area (Å²) < 4.78 is 10.5. The monoisotopic (exact) mass is 341 g/mol. The normalized spacial score (nSPS) is 11.9. The first-order valence-electron chi connectivity index (χ1n) is 7.96. The van der Waals surface area contributed by atoms with Crippen LogP contribution in [0.2, 0.25) is 0 Å². The van der Waals surface area contributed by atoms with Crippen molar-refractivity contribution in [2.75, 3.05) is 19.9 Å². The van der Waals surface area contributed by atoms with E-state index in [0.717, 1.165) is 5.56 Å². The number of aromatic nitrogens is 1. The molecule has 0 fully saturated rings. The van der Waals surface area contributed by atoms with E-state index in [1.165, 1.54) is 6.92 Å². The lowest BCUT2D eigenvalue weighted by Crippen LogP contribution is -2.37. The quantitative estimate of drug-likeness (QED) is 0.863. The second-order valence-electron chi connectivity index (χ2n) is 5.62. The largest absolute Gasteiger partial charge is 0.454 e. The summed E-state index contributed by atoms with van der Waals surface area (Å²) in [6.07, 6.45) is 3.38. The number of benzene rings is 1. The van der Waals surface area contributed by atoms with Crippen molar-refractivity contribution >= 4 is 11.8 Å². The van der Waals surface area contributed by atoms with Gasteiger partial charge in [-0.05, 0) is 35.9 Å². The highest BCUT2D eigenvalue weighted by molar-refractivity contribution is 5.94. The predicted octanol–water partition coefficient (Wildman–Crippen LogP) is 1.59. The van der Waals surface area contributed by atoms with Crippen LogP contribution < -0.4 is 14.8 Å². The molecule has 7 nitrogen and oxygen atoms in total. The number of hydrogen-bond acceptors (Lipinski definition) is 5. The average Bonchev–Trinajstić information content (AvgIpc) is 3.09. The topological polar surface area (TPSA) is 80.8 Å². The maximum atomic E-state index is 12.2. The number of pyridine rings is 1. The van der Waals surface area contributed by atoms with Gasteiger partial charge < -0.3 is 19.7 Å². The Hall–Kier alpha value is -3.09. The first kappa shape index (κ1) is 16.8. The fourth-order valence-corrected chi connectivity index (χ4v) is 2.50. The van der Waals surface area contributed by atoms with Crippen molar-refractivity contribution in [1.82, 2.24) is 15.2 Å². The van der Waals surface area contributed by atoms with Gasteiger partial charge in [0.2, 0.25) is 12.7 Å². The second-order valence-corrected chi connectivity index (χ2v) is 5.62. The number of fused-ring (bicyclic) bond motifs is 1. The molecule has 2 amide bonds. The maximum absolute atomic E-state index is 12.2. The highest BCUT2D eigenvalue weighted by Gasteiger charge is 2.16. The summed E-state index contributed by atoms with van der Waals surface area (Å²) in [7, 11) is 0. The van der Waals surface area contributed by atoms with Crippen LogP contribution in [-0.2, 0) is 11.3 Å². The molecule has 2 heterocycles. The van der Waals surface area contributed by atoms with Gasteiger partial charge in [0.05, 0.1) is 0 Å². The number of nitrogens with one attached hydrogen (secondary N) is 1. The van der Waals surface area contributed by atoms with E-state index in [2.05, 4.69) is 10.3 Å². The third kappa shape index (κ3) is 4.26. The Morgan fingerprint density at radius 2 is 1.92 bits per heavy atom. The van der Waals surface area contributed by atoms with Gasteiger partial charge >= 0.3 is 0 Å². The Kier molecular flexibility index (Phi) is 5.13. The average molecular weight is 341 g/mol. The van der Waals surface area contributed by atoms with Crippen LogP contribution in [0.1, 0.15) is 22.8 Å². The van der Waals surface area contributed by atoms with E-state index in [1.807, 2.05) is 12.1 Å². The maximum Gasteiger partial charge on any atom is 0.251 e. The van der Waals surface area contributed by atoms with Crippen LogP contribution in [0.15, 0.2) is 42.7 Å². The standard InChI is InChI=1S/C18H19N3O4/c1-13(22)21(11-14-4-6-19-7-5-14)9-8-20-18(23)15-2-3-16-17(10-15)25-12-24-16/h2-7,10H,8-9,11-12H2,1H3,(H,20,23). The number of carbonyl (C=O) groups excluding carboxylic acids is 2. The minimum absolute atomic E-state index is 0.0471. The molecule has 3 rings (SSSR count). The first-order valence-corrected chi connectivity index (χ1v) is 7.96. The van der Waals surface area contributed by atoms with Gasteiger partial charge in [-0.25, -0.2) is 0 Å². The van der Waals surface area contributed by atoms with Crippen molar-refractivity contribution in [3.05, 3.63) is 53.9 Å². The second kappa shape index (κ2) is 7.65. The van der Waals surface area contributed by atoms with Gasteiger partial charge in [0.15, 0.2) is 11.5 Å². The summed E-state index contributed by atoms with van der Waals surface area (Å²) >= 11 is 0. The molecule has 0 atom stereocenters. The van der Waals surface area contributed by atoms with Crippen molar-refractivity contribution in [1.29, 1.82) is 0 Å². The molecule has 0 spiro atoms. The van der Waals surface area contributed by atoms with Crippen LogP contribution in [0.5, 0.6) is 11.5 Å². The van der Waals surface area contributed by atoms with E-state index in [-0.39, 0.29) is 18.6 Å². The summed E-state index contributed by atoms with van der Waals surface area (Å²) in [6.45, 7) is 2.95. The lowest BCUT2D eigenvalue weighted by Gasteiger charge is -2.21. The summed E-state index contributed by atoms with van der Waals surface area (Å²) in [5.41, 5.74) is 1.49. The van der Waals surface area contributed by atoms with Gasteiger partial charge in [0, 0.05) is 44.5 Å². The summed E-state index contributed by atoms with van der Waals surface area (Å²) in [6, 6.07) is 8.77. The van der Waals surface area contributed by atoms with Gasteiger partial charge in [0.1, 0.15) is 0 Å². The van der Waals surface area contributed by atoms with Crippen LogP contribution in [0.25, 0.3) is 0 Å². The van der Waals surface area contributed by atoms with Gasteiger partial charge in [0.25, 0.3) is 5.91 Å². The smallest absolute Gasteiger partial charge is 0.251 e. The van der Waals surface area contributed by atoms with Gasteiger partial charge in [-0.3, -0.25) is 14.6 Å². The third-order valence-electron chi connectivity index (χ3n) is 3.87. The molecule has 2 aromatic rings. The fourth-order valence-electron chi connectivity index (χ4n) is 2.50. The minimum atomic E-state index is -0.217. The molecule has 25 heavy (non-hydrogen) atoms. The zero-order chi connectivity index (χ0) is 17.6. The molecule has 1 aliphatic rings. The van der Waals surface area contributed by atoms with Crippen molar-refractivity contribution in [2.45, 2.75) is 13.5 Å². The highest BCUT2D eigenvalue weighted by atomic mass is 16.7. The molecular formula is C18H19N3O4. The lowest BCUT2D eigenvalue weighted by molar-refractivity contribution is -0.129. The molecule has 1 aromatic heterocycles. The van der Waals surface area contributed by atoms with E-state index in [9.17, 15) is 9.59 Å². The molecule has 0 aliphatic carbocycles. The molecule has 0 unspecified atom stereocenters. The van der Waals surface area contributed by atoms with Crippen LogP contribution >= 0.6 is 0 Å². The Morgan fingerprint density at radius 3 is 2.68 bits per heavy atom. The molecule has 7 heteroatoms. The number of hydrogen-bond donors (Lipinski definition) is 1. The van der Waals surface area contributed by atoms with Crippen molar-refractivity contribution in [3.8, 4) is 11.5 Å². The SMILES string of the molecule is CC(=O)N(CCNC(=O)c1ccc2c(c1)OCO2)Cc1ccncc1. The summed E-state index contributed by atoms with van der Waals surface area (Å²) in [4.78, 5) is 29.7. The number of nitrogens with zero attached hydrogens (tertiary/aromatic N) is 2. The molecular weight excluding hydrogens is 322 g/mol. The molecule has 0 radical (unpaired) electrons. The highest BCUT2D eigenvalue weighted by Crippen LogP contribution is 2.32. The Morgan fingerprint density at radius 1 is 1.16 bits per heavy atom. The van der Waals surface area contributed by atoms with Crippen LogP contribution in [0.4, 0.5) is 0 Å². The van der Waals surface area contributed by atoms with Crippen LogP contribution in [-0.4, -0.2) is 41.6 Å². The Bertz CT molecular complexity index is 764. The molecule has 1 aromatic carbocycles. The molecule has 0 bridgehead atoms. The lowest BCUT2D eigenvalue weighted by atomic mass is 10.2. The molecule has 1 aliphatic heterocycles. The van der Waals surface area contributed by atoms with Crippen molar-refractivity contribution < 1.29 is 19.1 Å². The number of ether oxygens (including phenoxy) is 2.